The minimum Gasteiger partial charge on any atom is -0.352 e. The van der Waals surface area contributed by atoms with Crippen LogP contribution < -0.4 is 5.32 Å². The zero-order valence-corrected chi connectivity index (χ0v) is 22.1. The predicted molar refractivity (Wildman–Crippen MR) is 139 cm³/mol. The van der Waals surface area contributed by atoms with E-state index in [-0.39, 0.29) is 11.8 Å². The SMILES string of the molecule is Cc1ccc(S(=O)(=O)N2CCC(C(=O)NCc3ccc(CN4CC(C)CC(C)C4)cc3)CC2)cc1. The number of aryl methyl sites for hydroxylation is 1. The molecule has 6 nitrogen and oxygen atoms in total. The molecule has 2 atom stereocenters. The van der Waals surface area contributed by atoms with Gasteiger partial charge in [-0.25, -0.2) is 8.42 Å². The molecule has 2 aliphatic heterocycles. The van der Waals surface area contributed by atoms with Gasteiger partial charge in [-0.15, -0.1) is 0 Å². The molecule has 2 aromatic rings. The maximum atomic E-state index is 12.9. The van der Waals surface area contributed by atoms with Crippen LogP contribution >= 0.6 is 0 Å². The third kappa shape index (κ3) is 6.72. The number of hydrogen-bond acceptors (Lipinski definition) is 4. The molecule has 0 spiro atoms. The lowest BCUT2D eigenvalue weighted by Gasteiger charge is -2.35. The van der Waals surface area contributed by atoms with Gasteiger partial charge in [-0.05, 0) is 61.3 Å². The Kier molecular flexibility index (Phi) is 8.30. The van der Waals surface area contributed by atoms with Crippen molar-refractivity contribution in [3.8, 4) is 0 Å². The predicted octanol–water partition coefficient (Wildman–Crippen LogP) is 4.19. The van der Waals surface area contributed by atoms with Gasteiger partial charge in [-0.3, -0.25) is 9.69 Å². The zero-order chi connectivity index (χ0) is 25.0. The molecule has 0 aliphatic carbocycles. The normalized spacial score (nSPS) is 22.7. The molecule has 2 heterocycles. The van der Waals surface area contributed by atoms with Gasteiger partial charge < -0.3 is 5.32 Å². The van der Waals surface area contributed by atoms with E-state index in [9.17, 15) is 13.2 Å². The van der Waals surface area contributed by atoms with Crippen molar-refractivity contribution in [3.05, 3.63) is 65.2 Å². The van der Waals surface area contributed by atoms with Gasteiger partial charge in [-0.1, -0.05) is 55.8 Å². The van der Waals surface area contributed by atoms with E-state index in [1.54, 1.807) is 12.1 Å². The summed E-state index contributed by atoms with van der Waals surface area (Å²) in [6.45, 7) is 11.1. The maximum Gasteiger partial charge on any atom is 0.243 e. The van der Waals surface area contributed by atoms with Crippen LogP contribution in [0.25, 0.3) is 0 Å². The highest BCUT2D eigenvalue weighted by molar-refractivity contribution is 7.89. The minimum absolute atomic E-state index is 0.0118. The van der Waals surface area contributed by atoms with Crippen LogP contribution in [0.1, 0.15) is 49.8 Å². The number of benzene rings is 2. The highest BCUT2D eigenvalue weighted by atomic mass is 32.2. The summed E-state index contributed by atoms with van der Waals surface area (Å²) in [7, 11) is -3.51. The maximum absolute atomic E-state index is 12.9. The Labute approximate surface area is 210 Å². The Balaban J connectivity index is 1.23. The number of amides is 1. The smallest absolute Gasteiger partial charge is 0.243 e. The van der Waals surface area contributed by atoms with Gasteiger partial charge in [0.25, 0.3) is 0 Å². The van der Waals surface area contributed by atoms with E-state index in [0.717, 1.165) is 42.6 Å². The molecule has 190 valence electrons. The van der Waals surface area contributed by atoms with E-state index >= 15 is 0 Å². The van der Waals surface area contributed by atoms with E-state index in [4.69, 9.17) is 0 Å². The molecule has 0 aromatic heterocycles. The second-order valence-corrected chi connectivity index (χ2v) is 12.6. The molecule has 1 amide bonds. The van der Waals surface area contributed by atoms with Gasteiger partial charge in [0.1, 0.15) is 0 Å². The summed E-state index contributed by atoms with van der Waals surface area (Å²) in [5.74, 6) is 1.37. The summed E-state index contributed by atoms with van der Waals surface area (Å²) in [5.41, 5.74) is 3.42. The van der Waals surface area contributed by atoms with Crippen molar-refractivity contribution in [1.82, 2.24) is 14.5 Å². The van der Waals surface area contributed by atoms with E-state index in [1.165, 1.54) is 16.3 Å². The van der Waals surface area contributed by atoms with Gasteiger partial charge in [0, 0.05) is 45.2 Å². The molecule has 2 fully saturated rings. The molecule has 1 N–H and O–H groups in total. The van der Waals surface area contributed by atoms with E-state index in [2.05, 4.69) is 48.3 Å². The zero-order valence-electron chi connectivity index (χ0n) is 21.2. The first-order valence-corrected chi connectivity index (χ1v) is 14.3. The van der Waals surface area contributed by atoms with Gasteiger partial charge in [0.2, 0.25) is 15.9 Å². The Morgan fingerprint density at radius 1 is 0.914 bits per heavy atom. The summed E-state index contributed by atoms with van der Waals surface area (Å²) < 4.78 is 27.3. The quantitative estimate of drug-likeness (QED) is 0.623. The van der Waals surface area contributed by atoms with E-state index in [1.807, 2.05) is 19.1 Å². The van der Waals surface area contributed by atoms with Gasteiger partial charge >= 0.3 is 0 Å². The Bertz CT molecular complexity index is 1080. The molecule has 0 radical (unpaired) electrons. The molecule has 4 rings (SSSR count). The Morgan fingerprint density at radius 2 is 1.49 bits per heavy atom. The highest BCUT2D eigenvalue weighted by Gasteiger charge is 2.32. The van der Waals surface area contributed by atoms with Crippen LogP contribution in [0.2, 0.25) is 0 Å². The van der Waals surface area contributed by atoms with Crippen LogP contribution in [0.15, 0.2) is 53.4 Å². The molecule has 0 saturated carbocycles. The van der Waals surface area contributed by atoms with Crippen LogP contribution in [-0.4, -0.2) is 49.7 Å². The largest absolute Gasteiger partial charge is 0.352 e. The van der Waals surface area contributed by atoms with Crippen LogP contribution in [0.5, 0.6) is 0 Å². The lowest BCUT2D eigenvalue weighted by Crippen LogP contribution is -2.42. The third-order valence-electron chi connectivity index (χ3n) is 7.32. The summed E-state index contributed by atoms with van der Waals surface area (Å²) in [6, 6.07) is 15.5. The van der Waals surface area contributed by atoms with Crippen LogP contribution in [0, 0.1) is 24.7 Å². The fraction of sp³-hybridized carbons (Fsp3) is 0.536. The van der Waals surface area contributed by atoms with Crippen molar-refractivity contribution >= 4 is 15.9 Å². The van der Waals surface area contributed by atoms with Crippen molar-refractivity contribution < 1.29 is 13.2 Å². The number of nitrogens with zero attached hydrogens (tertiary/aromatic N) is 2. The molecular weight excluding hydrogens is 458 g/mol. The summed E-state index contributed by atoms with van der Waals surface area (Å²) in [4.78, 5) is 15.6. The van der Waals surface area contributed by atoms with Crippen LogP contribution in [0.4, 0.5) is 0 Å². The van der Waals surface area contributed by atoms with Gasteiger partial charge in [0.05, 0.1) is 4.90 Å². The number of carbonyl (C=O) groups is 1. The first kappa shape index (κ1) is 25.9. The van der Waals surface area contributed by atoms with Crippen molar-refractivity contribution in [1.29, 1.82) is 0 Å². The molecule has 0 bridgehead atoms. The third-order valence-corrected chi connectivity index (χ3v) is 9.24. The monoisotopic (exact) mass is 497 g/mol. The number of carbonyl (C=O) groups excluding carboxylic acids is 1. The molecule has 2 aromatic carbocycles. The number of rotatable bonds is 7. The standard InChI is InChI=1S/C28H39N3O3S/c1-21-4-10-27(11-5-21)35(33,34)31-14-12-26(13-15-31)28(32)29-17-24-6-8-25(9-7-24)20-30-18-22(2)16-23(3)19-30/h4-11,22-23,26H,12-20H2,1-3H3,(H,29,32). The second-order valence-electron chi connectivity index (χ2n) is 10.7. The molecular formula is C28H39N3O3S. The van der Waals surface area contributed by atoms with Gasteiger partial charge in [0.15, 0.2) is 0 Å². The Hall–Kier alpha value is -2.22. The highest BCUT2D eigenvalue weighted by Crippen LogP contribution is 2.25. The lowest BCUT2D eigenvalue weighted by molar-refractivity contribution is -0.126. The van der Waals surface area contributed by atoms with Crippen molar-refractivity contribution in [2.24, 2.45) is 17.8 Å². The number of sulfonamides is 1. The molecule has 35 heavy (non-hydrogen) atoms. The van der Waals surface area contributed by atoms with Crippen molar-refractivity contribution in [2.45, 2.75) is 58.0 Å². The first-order chi connectivity index (χ1) is 16.7. The fourth-order valence-corrected chi connectivity index (χ4v) is 6.96. The summed E-state index contributed by atoms with van der Waals surface area (Å²) in [5, 5.41) is 3.06. The second kappa shape index (κ2) is 11.2. The van der Waals surface area contributed by atoms with Crippen LogP contribution in [-0.2, 0) is 27.9 Å². The Morgan fingerprint density at radius 3 is 2.09 bits per heavy atom. The van der Waals surface area contributed by atoms with Crippen LogP contribution in [0.3, 0.4) is 0 Å². The first-order valence-electron chi connectivity index (χ1n) is 12.9. The summed E-state index contributed by atoms with van der Waals surface area (Å²) >= 11 is 0. The lowest BCUT2D eigenvalue weighted by atomic mass is 9.91. The van der Waals surface area contributed by atoms with E-state index in [0.29, 0.717) is 37.4 Å². The van der Waals surface area contributed by atoms with Gasteiger partial charge in [-0.2, -0.15) is 4.31 Å². The molecule has 7 heteroatoms. The fourth-order valence-electron chi connectivity index (χ4n) is 5.49. The van der Waals surface area contributed by atoms with Crippen molar-refractivity contribution in [2.75, 3.05) is 26.2 Å². The summed E-state index contributed by atoms with van der Waals surface area (Å²) in [6.07, 6.45) is 2.40. The average Bonchev–Trinajstić information content (AvgIpc) is 2.83. The molecule has 2 saturated heterocycles. The number of piperidine rings is 2. The van der Waals surface area contributed by atoms with Crippen molar-refractivity contribution in [3.63, 3.8) is 0 Å². The average molecular weight is 498 g/mol. The number of likely N-dealkylation sites (tertiary alicyclic amines) is 1. The van der Waals surface area contributed by atoms with E-state index < -0.39 is 10.0 Å². The minimum atomic E-state index is -3.51. The molecule has 2 unspecified atom stereocenters. The topological polar surface area (TPSA) is 69.7 Å². The number of nitrogens with one attached hydrogen (secondary N) is 1. The number of hydrogen-bond donors (Lipinski definition) is 1. The molecule has 2 aliphatic rings.